The summed E-state index contributed by atoms with van der Waals surface area (Å²) in [6.07, 6.45) is -0.185. The van der Waals surface area contributed by atoms with E-state index in [4.69, 9.17) is 0 Å². The SMILES string of the molecule is CN=C(NCc1ccn(C)c1)N1CCN(C(C)C(F)(F)F)CC1. The first-order chi connectivity index (χ1) is 10.8. The molecule has 1 aromatic heterocycles. The van der Waals surface area contributed by atoms with Crippen LogP contribution in [0.5, 0.6) is 0 Å². The van der Waals surface area contributed by atoms with Gasteiger partial charge in [-0.2, -0.15) is 13.2 Å². The molecule has 0 bridgehead atoms. The molecule has 1 aromatic rings. The van der Waals surface area contributed by atoms with Crippen molar-refractivity contribution in [1.82, 2.24) is 19.7 Å². The van der Waals surface area contributed by atoms with Gasteiger partial charge in [0.05, 0.1) is 0 Å². The number of aliphatic imine (C=N–C) groups is 1. The molecule has 1 aliphatic rings. The van der Waals surface area contributed by atoms with Gasteiger partial charge in [-0.3, -0.25) is 9.89 Å². The molecule has 1 atom stereocenters. The Balaban J connectivity index is 1.85. The molecule has 2 rings (SSSR count). The quantitative estimate of drug-likeness (QED) is 0.676. The minimum absolute atomic E-state index is 0.382. The molecule has 1 N–H and O–H groups in total. The van der Waals surface area contributed by atoms with Crippen molar-refractivity contribution in [1.29, 1.82) is 0 Å². The van der Waals surface area contributed by atoms with E-state index in [1.54, 1.807) is 7.05 Å². The van der Waals surface area contributed by atoms with Gasteiger partial charge in [-0.1, -0.05) is 0 Å². The first-order valence-corrected chi connectivity index (χ1v) is 7.68. The van der Waals surface area contributed by atoms with Crippen LogP contribution in [-0.4, -0.2) is 65.8 Å². The van der Waals surface area contributed by atoms with E-state index in [2.05, 4.69) is 10.3 Å². The Hall–Kier alpha value is -1.70. The second-order valence-corrected chi connectivity index (χ2v) is 5.83. The molecule has 8 heteroatoms. The normalized spacial score (nSPS) is 19.0. The molecule has 1 fully saturated rings. The summed E-state index contributed by atoms with van der Waals surface area (Å²) in [5, 5.41) is 3.26. The molecule has 2 heterocycles. The zero-order valence-electron chi connectivity index (χ0n) is 13.8. The van der Waals surface area contributed by atoms with E-state index in [0.717, 1.165) is 11.5 Å². The third-order valence-electron chi connectivity index (χ3n) is 4.19. The van der Waals surface area contributed by atoms with Crippen LogP contribution in [0.3, 0.4) is 0 Å². The number of nitrogens with one attached hydrogen (secondary N) is 1. The molecule has 1 aliphatic heterocycles. The number of guanidine groups is 1. The van der Waals surface area contributed by atoms with Crippen molar-refractivity contribution in [2.24, 2.45) is 12.0 Å². The maximum absolute atomic E-state index is 12.8. The maximum Gasteiger partial charge on any atom is 0.403 e. The first kappa shape index (κ1) is 17.7. The summed E-state index contributed by atoms with van der Waals surface area (Å²) >= 11 is 0. The van der Waals surface area contributed by atoms with E-state index < -0.39 is 12.2 Å². The van der Waals surface area contributed by atoms with Crippen molar-refractivity contribution in [3.05, 3.63) is 24.0 Å². The highest BCUT2D eigenvalue weighted by atomic mass is 19.4. The highest BCUT2D eigenvalue weighted by Gasteiger charge is 2.41. The molecular weight excluding hydrogens is 307 g/mol. The van der Waals surface area contributed by atoms with Crippen LogP contribution in [-0.2, 0) is 13.6 Å². The van der Waals surface area contributed by atoms with Crippen molar-refractivity contribution < 1.29 is 13.2 Å². The maximum atomic E-state index is 12.8. The predicted octanol–water partition coefficient (Wildman–Crippen LogP) is 1.67. The summed E-state index contributed by atoms with van der Waals surface area (Å²) in [4.78, 5) is 7.71. The van der Waals surface area contributed by atoms with E-state index in [-0.39, 0.29) is 0 Å². The van der Waals surface area contributed by atoms with Crippen LogP contribution in [0.1, 0.15) is 12.5 Å². The van der Waals surface area contributed by atoms with Crippen LogP contribution < -0.4 is 5.32 Å². The summed E-state index contributed by atoms with van der Waals surface area (Å²) in [5.41, 5.74) is 1.14. The van der Waals surface area contributed by atoms with Gasteiger partial charge in [-0.25, -0.2) is 0 Å². The molecule has 0 radical (unpaired) electrons. The number of alkyl halides is 3. The summed E-state index contributed by atoms with van der Waals surface area (Å²) in [6.45, 7) is 3.70. The van der Waals surface area contributed by atoms with Gasteiger partial charge < -0.3 is 14.8 Å². The molecule has 1 unspecified atom stereocenters. The molecule has 0 spiro atoms. The standard InChI is InChI=1S/C15H24F3N5/c1-12(15(16,17)18)22-6-8-23(9-7-22)14(19-2)20-10-13-4-5-21(3)11-13/h4-5,11-12H,6-10H2,1-3H3,(H,19,20). The van der Waals surface area contributed by atoms with Crippen molar-refractivity contribution in [2.45, 2.75) is 25.7 Å². The van der Waals surface area contributed by atoms with Crippen LogP contribution >= 0.6 is 0 Å². The average molecular weight is 331 g/mol. The van der Waals surface area contributed by atoms with Gasteiger partial charge in [-0.05, 0) is 18.6 Å². The third-order valence-corrected chi connectivity index (χ3v) is 4.19. The fraction of sp³-hybridized carbons (Fsp3) is 0.667. The molecule has 0 aromatic carbocycles. The first-order valence-electron chi connectivity index (χ1n) is 7.68. The van der Waals surface area contributed by atoms with Crippen LogP contribution in [0, 0.1) is 0 Å². The topological polar surface area (TPSA) is 35.8 Å². The van der Waals surface area contributed by atoms with Gasteiger partial charge in [0.1, 0.15) is 6.04 Å². The fourth-order valence-corrected chi connectivity index (χ4v) is 2.71. The van der Waals surface area contributed by atoms with Crippen molar-refractivity contribution in [3.8, 4) is 0 Å². The summed E-state index contributed by atoms with van der Waals surface area (Å²) in [7, 11) is 3.65. The summed E-state index contributed by atoms with van der Waals surface area (Å²) in [6, 6.07) is 0.618. The number of hydrogen-bond acceptors (Lipinski definition) is 2. The lowest BCUT2D eigenvalue weighted by molar-refractivity contribution is -0.181. The van der Waals surface area contributed by atoms with Crippen molar-refractivity contribution in [3.63, 3.8) is 0 Å². The number of aromatic nitrogens is 1. The number of rotatable bonds is 3. The lowest BCUT2D eigenvalue weighted by Crippen LogP contribution is -2.56. The van der Waals surface area contributed by atoms with E-state index in [1.807, 2.05) is 35.0 Å². The number of hydrogen-bond donors (Lipinski definition) is 1. The Bertz CT molecular complexity index is 529. The molecular formula is C15H24F3N5. The van der Waals surface area contributed by atoms with E-state index in [9.17, 15) is 13.2 Å². The number of nitrogens with zero attached hydrogens (tertiary/aromatic N) is 4. The van der Waals surface area contributed by atoms with Gasteiger partial charge in [0, 0.05) is 59.2 Å². The fourth-order valence-electron chi connectivity index (χ4n) is 2.71. The van der Waals surface area contributed by atoms with Gasteiger partial charge in [0.2, 0.25) is 0 Å². The molecule has 23 heavy (non-hydrogen) atoms. The number of halogens is 3. The van der Waals surface area contributed by atoms with Gasteiger partial charge in [-0.15, -0.1) is 0 Å². The highest BCUT2D eigenvalue weighted by molar-refractivity contribution is 5.80. The van der Waals surface area contributed by atoms with E-state index in [0.29, 0.717) is 32.7 Å². The molecule has 1 saturated heterocycles. The van der Waals surface area contributed by atoms with Crippen molar-refractivity contribution >= 4 is 5.96 Å². The Labute approximate surface area is 134 Å². The molecule has 130 valence electrons. The minimum Gasteiger partial charge on any atom is -0.357 e. The zero-order valence-corrected chi connectivity index (χ0v) is 13.8. The smallest absolute Gasteiger partial charge is 0.357 e. The molecule has 0 amide bonds. The van der Waals surface area contributed by atoms with Crippen molar-refractivity contribution in [2.75, 3.05) is 33.2 Å². The third kappa shape index (κ3) is 4.63. The number of piperazine rings is 1. The van der Waals surface area contributed by atoms with Gasteiger partial charge in [0.25, 0.3) is 0 Å². The second-order valence-electron chi connectivity index (χ2n) is 5.83. The Morgan fingerprint density at radius 2 is 1.96 bits per heavy atom. The van der Waals surface area contributed by atoms with Crippen LogP contribution in [0.2, 0.25) is 0 Å². The minimum atomic E-state index is -4.17. The van der Waals surface area contributed by atoms with Gasteiger partial charge in [0.15, 0.2) is 5.96 Å². The summed E-state index contributed by atoms with van der Waals surface area (Å²) < 4.78 is 40.3. The Morgan fingerprint density at radius 1 is 1.30 bits per heavy atom. The van der Waals surface area contributed by atoms with Crippen LogP contribution in [0.15, 0.2) is 23.5 Å². The second kappa shape index (κ2) is 7.25. The van der Waals surface area contributed by atoms with Crippen LogP contribution in [0.25, 0.3) is 0 Å². The largest absolute Gasteiger partial charge is 0.403 e. The monoisotopic (exact) mass is 331 g/mol. The van der Waals surface area contributed by atoms with E-state index in [1.165, 1.54) is 11.8 Å². The molecule has 0 saturated carbocycles. The predicted molar refractivity (Wildman–Crippen MR) is 84.3 cm³/mol. The highest BCUT2D eigenvalue weighted by Crippen LogP contribution is 2.25. The van der Waals surface area contributed by atoms with E-state index >= 15 is 0 Å². The lowest BCUT2D eigenvalue weighted by atomic mass is 10.2. The van der Waals surface area contributed by atoms with Gasteiger partial charge >= 0.3 is 6.18 Å². The molecule has 0 aliphatic carbocycles. The van der Waals surface area contributed by atoms with Crippen LogP contribution in [0.4, 0.5) is 13.2 Å². The zero-order chi connectivity index (χ0) is 17.0. The number of aryl methyl sites for hydroxylation is 1. The average Bonchev–Trinajstić information content (AvgIpc) is 2.92. The lowest BCUT2D eigenvalue weighted by Gasteiger charge is -2.39. The Morgan fingerprint density at radius 3 is 2.43 bits per heavy atom. The summed E-state index contributed by atoms with van der Waals surface area (Å²) in [5.74, 6) is 0.730. The Kier molecular flexibility index (Phi) is 5.56. The molecule has 5 nitrogen and oxygen atoms in total.